The van der Waals surface area contributed by atoms with Gasteiger partial charge in [0.1, 0.15) is 17.2 Å². The Labute approximate surface area is 194 Å². The number of fused-ring (bicyclic) bond motifs is 1. The SMILES string of the molecule is CCn1c(=O)c2[nH]c(-c3ccc(N(CCOC)C(=O)c4ccncc4)nc3)nc2n(CC)c1=O. The molecule has 0 saturated heterocycles. The summed E-state index contributed by atoms with van der Waals surface area (Å²) < 4.78 is 7.79. The van der Waals surface area contributed by atoms with E-state index >= 15 is 0 Å². The van der Waals surface area contributed by atoms with E-state index in [1.807, 2.05) is 6.92 Å². The van der Waals surface area contributed by atoms with Gasteiger partial charge in [0.05, 0.1) is 13.2 Å². The van der Waals surface area contributed by atoms with E-state index in [9.17, 15) is 14.4 Å². The maximum Gasteiger partial charge on any atom is 0.332 e. The summed E-state index contributed by atoms with van der Waals surface area (Å²) in [5, 5.41) is 0. The first kappa shape index (κ1) is 23.1. The first-order valence-corrected chi connectivity index (χ1v) is 10.9. The van der Waals surface area contributed by atoms with E-state index in [0.29, 0.717) is 48.1 Å². The van der Waals surface area contributed by atoms with Gasteiger partial charge in [-0.3, -0.25) is 28.6 Å². The molecule has 0 radical (unpaired) electrons. The number of amides is 1. The number of nitrogens with one attached hydrogen (secondary N) is 1. The number of pyridine rings is 2. The van der Waals surface area contributed by atoms with Crippen molar-refractivity contribution < 1.29 is 9.53 Å². The van der Waals surface area contributed by atoms with Crippen LogP contribution in [0.1, 0.15) is 24.2 Å². The Kier molecular flexibility index (Phi) is 6.64. The average molecular weight is 463 g/mol. The third kappa shape index (κ3) is 4.13. The molecule has 0 bridgehead atoms. The van der Waals surface area contributed by atoms with Crippen LogP contribution in [0.5, 0.6) is 0 Å². The van der Waals surface area contributed by atoms with E-state index in [1.165, 1.54) is 14.0 Å². The number of carbonyl (C=O) groups is 1. The Hall–Kier alpha value is -4.12. The summed E-state index contributed by atoms with van der Waals surface area (Å²) in [6, 6.07) is 6.74. The molecule has 34 heavy (non-hydrogen) atoms. The van der Waals surface area contributed by atoms with Crippen LogP contribution in [0.15, 0.2) is 52.4 Å². The van der Waals surface area contributed by atoms with Gasteiger partial charge in [-0.2, -0.15) is 0 Å². The third-order valence-corrected chi connectivity index (χ3v) is 5.48. The molecule has 0 fully saturated rings. The number of rotatable bonds is 8. The Morgan fingerprint density at radius 3 is 2.44 bits per heavy atom. The van der Waals surface area contributed by atoms with Crippen LogP contribution in [0, 0.1) is 0 Å². The monoisotopic (exact) mass is 463 g/mol. The number of hydrogen-bond donors (Lipinski definition) is 1. The second-order valence-corrected chi connectivity index (χ2v) is 7.45. The van der Waals surface area contributed by atoms with Gasteiger partial charge in [-0.1, -0.05) is 0 Å². The number of methoxy groups -OCH3 is 1. The molecule has 0 atom stereocenters. The Bertz CT molecular complexity index is 1420. The van der Waals surface area contributed by atoms with Crippen LogP contribution >= 0.6 is 0 Å². The molecule has 4 rings (SSSR count). The van der Waals surface area contributed by atoms with Gasteiger partial charge in [0.25, 0.3) is 11.5 Å². The minimum absolute atomic E-state index is 0.226. The lowest BCUT2D eigenvalue weighted by atomic mass is 10.2. The van der Waals surface area contributed by atoms with Gasteiger partial charge >= 0.3 is 5.69 Å². The quantitative estimate of drug-likeness (QED) is 0.421. The van der Waals surface area contributed by atoms with Crippen molar-refractivity contribution in [2.75, 3.05) is 25.2 Å². The van der Waals surface area contributed by atoms with Gasteiger partial charge in [0, 0.05) is 49.9 Å². The third-order valence-electron chi connectivity index (χ3n) is 5.48. The van der Waals surface area contributed by atoms with E-state index < -0.39 is 11.2 Å². The van der Waals surface area contributed by atoms with Crippen LogP contribution < -0.4 is 16.1 Å². The molecule has 0 saturated carbocycles. The maximum atomic E-state index is 13.0. The molecule has 1 N–H and O–H groups in total. The van der Waals surface area contributed by atoms with Crippen molar-refractivity contribution in [1.29, 1.82) is 0 Å². The minimum Gasteiger partial charge on any atom is -0.383 e. The molecule has 4 aromatic heterocycles. The lowest BCUT2D eigenvalue weighted by Crippen LogP contribution is -2.39. The number of ether oxygens (including phenoxy) is 1. The fraction of sp³-hybridized carbons (Fsp3) is 0.304. The van der Waals surface area contributed by atoms with E-state index in [4.69, 9.17) is 4.74 Å². The fourth-order valence-electron chi connectivity index (χ4n) is 3.71. The number of hydrogen-bond acceptors (Lipinski definition) is 7. The van der Waals surface area contributed by atoms with Crippen molar-refractivity contribution in [3.05, 3.63) is 69.3 Å². The zero-order chi connectivity index (χ0) is 24.2. The first-order valence-electron chi connectivity index (χ1n) is 10.9. The number of aromatic amines is 1. The number of H-pyrrole nitrogens is 1. The first-order chi connectivity index (χ1) is 16.5. The summed E-state index contributed by atoms with van der Waals surface area (Å²) in [5.74, 6) is 0.624. The van der Waals surface area contributed by atoms with E-state index in [2.05, 4.69) is 19.9 Å². The molecule has 0 spiro atoms. The molecule has 0 aliphatic carbocycles. The highest BCUT2D eigenvalue weighted by Crippen LogP contribution is 2.21. The maximum absolute atomic E-state index is 13.0. The molecule has 0 aromatic carbocycles. The second kappa shape index (κ2) is 9.79. The van der Waals surface area contributed by atoms with Crippen molar-refractivity contribution in [3.8, 4) is 11.4 Å². The van der Waals surface area contributed by atoms with E-state index in [0.717, 1.165) is 0 Å². The van der Waals surface area contributed by atoms with Gasteiger partial charge in [0.15, 0.2) is 5.65 Å². The molecule has 11 nitrogen and oxygen atoms in total. The molecule has 1 amide bonds. The van der Waals surface area contributed by atoms with E-state index in [-0.39, 0.29) is 18.0 Å². The summed E-state index contributed by atoms with van der Waals surface area (Å²) in [6.07, 6.45) is 4.68. The molecule has 4 heterocycles. The van der Waals surface area contributed by atoms with Crippen molar-refractivity contribution in [1.82, 2.24) is 29.1 Å². The van der Waals surface area contributed by atoms with Gasteiger partial charge in [-0.05, 0) is 38.1 Å². The summed E-state index contributed by atoms with van der Waals surface area (Å²) in [4.78, 5) is 55.9. The lowest BCUT2D eigenvalue weighted by molar-refractivity contribution is 0.0975. The van der Waals surface area contributed by atoms with Gasteiger partial charge in [-0.25, -0.2) is 14.8 Å². The summed E-state index contributed by atoms with van der Waals surface area (Å²) >= 11 is 0. The highest BCUT2D eigenvalue weighted by molar-refractivity contribution is 6.05. The van der Waals surface area contributed by atoms with Gasteiger partial charge < -0.3 is 9.72 Å². The molecule has 176 valence electrons. The molecular weight excluding hydrogens is 438 g/mol. The van der Waals surface area contributed by atoms with Crippen LogP contribution in [0.3, 0.4) is 0 Å². The summed E-state index contributed by atoms with van der Waals surface area (Å²) in [7, 11) is 1.57. The Morgan fingerprint density at radius 2 is 1.82 bits per heavy atom. The van der Waals surface area contributed by atoms with Crippen LogP contribution in [0.2, 0.25) is 0 Å². The highest BCUT2D eigenvalue weighted by Gasteiger charge is 2.20. The largest absolute Gasteiger partial charge is 0.383 e. The zero-order valence-electron chi connectivity index (χ0n) is 19.2. The number of aromatic nitrogens is 6. The molecular formula is C23H25N7O4. The second-order valence-electron chi connectivity index (χ2n) is 7.45. The molecule has 0 unspecified atom stereocenters. The normalized spacial score (nSPS) is 11.1. The van der Waals surface area contributed by atoms with Crippen molar-refractivity contribution in [2.24, 2.45) is 0 Å². The topological polar surface area (TPSA) is 128 Å². The predicted octanol–water partition coefficient (Wildman–Crippen LogP) is 1.68. The smallest absolute Gasteiger partial charge is 0.332 e. The lowest BCUT2D eigenvalue weighted by Gasteiger charge is -2.21. The number of imidazole rings is 1. The van der Waals surface area contributed by atoms with Crippen molar-refractivity contribution in [3.63, 3.8) is 0 Å². The molecule has 4 aromatic rings. The Balaban J connectivity index is 1.72. The number of carbonyl (C=O) groups excluding carboxylic acids is 1. The average Bonchev–Trinajstić information content (AvgIpc) is 3.31. The van der Waals surface area contributed by atoms with Crippen molar-refractivity contribution >= 4 is 22.9 Å². The standard InChI is InChI=1S/C23H25N7O4/c1-4-28-20-18(22(32)29(5-2)23(28)33)26-19(27-20)16-6-7-17(25-14-16)30(12-13-34-3)21(31)15-8-10-24-11-9-15/h6-11,14H,4-5,12-13H2,1-3H3,(H,26,27). The minimum atomic E-state index is -0.413. The molecule has 0 aliphatic rings. The van der Waals surface area contributed by atoms with Crippen LogP contribution in [0.4, 0.5) is 5.82 Å². The molecule has 11 heteroatoms. The number of nitrogens with zero attached hydrogens (tertiary/aromatic N) is 6. The van der Waals surface area contributed by atoms with E-state index in [1.54, 1.807) is 56.9 Å². The van der Waals surface area contributed by atoms with Crippen LogP contribution in [0.25, 0.3) is 22.6 Å². The van der Waals surface area contributed by atoms with Gasteiger partial charge in [-0.15, -0.1) is 0 Å². The van der Waals surface area contributed by atoms with Crippen LogP contribution in [-0.2, 0) is 17.8 Å². The Morgan fingerprint density at radius 1 is 1.09 bits per heavy atom. The fourth-order valence-corrected chi connectivity index (χ4v) is 3.71. The highest BCUT2D eigenvalue weighted by atomic mass is 16.5. The van der Waals surface area contributed by atoms with Crippen LogP contribution in [-0.4, -0.2) is 55.2 Å². The van der Waals surface area contributed by atoms with Gasteiger partial charge in [0.2, 0.25) is 0 Å². The number of anilines is 1. The molecule has 0 aliphatic heterocycles. The van der Waals surface area contributed by atoms with Crippen molar-refractivity contribution in [2.45, 2.75) is 26.9 Å². The zero-order valence-corrected chi connectivity index (χ0v) is 19.2. The summed E-state index contributed by atoms with van der Waals surface area (Å²) in [6.45, 7) is 4.86. The number of aryl methyl sites for hydroxylation is 1. The summed E-state index contributed by atoms with van der Waals surface area (Å²) in [5.41, 5.74) is 0.856. The predicted molar refractivity (Wildman–Crippen MR) is 127 cm³/mol.